The summed E-state index contributed by atoms with van der Waals surface area (Å²) in [5.41, 5.74) is 0. The van der Waals surface area contributed by atoms with Crippen LogP contribution in [-0.4, -0.2) is 37.1 Å². The van der Waals surface area contributed by atoms with Crippen LogP contribution >= 0.6 is 0 Å². The first kappa shape index (κ1) is 10.8. The van der Waals surface area contributed by atoms with E-state index in [1.54, 1.807) is 0 Å². The fourth-order valence-corrected chi connectivity index (χ4v) is 3.67. The molecule has 2 saturated heterocycles. The Labute approximate surface area is 103 Å². The molecule has 0 N–H and O–H groups in total. The van der Waals surface area contributed by atoms with Gasteiger partial charge < -0.3 is 14.2 Å². The maximum absolute atomic E-state index is 6.01. The fraction of sp³-hybridized carbons (Fsp3) is 1.00. The van der Waals surface area contributed by atoms with Crippen molar-refractivity contribution in [3.8, 4) is 0 Å². The lowest BCUT2D eigenvalue weighted by atomic mass is 9.87. The van der Waals surface area contributed by atoms with Crippen LogP contribution in [0.5, 0.6) is 0 Å². The molecule has 0 bridgehead atoms. The smallest absolute Gasteiger partial charge is 0.0866 e. The van der Waals surface area contributed by atoms with Crippen molar-refractivity contribution in [2.75, 3.05) is 6.61 Å². The summed E-state index contributed by atoms with van der Waals surface area (Å²) >= 11 is 0. The van der Waals surface area contributed by atoms with Crippen molar-refractivity contribution in [3.63, 3.8) is 0 Å². The van der Waals surface area contributed by atoms with Gasteiger partial charge in [0.1, 0.15) is 0 Å². The van der Waals surface area contributed by atoms with Crippen LogP contribution in [0.1, 0.15) is 44.9 Å². The van der Waals surface area contributed by atoms with E-state index in [0.717, 1.165) is 18.9 Å². The number of ether oxygens (including phenoxy) is 3. The largest absolute Gasteiger partial charge is 0.378 e. The third-order valence-electron chi connectivity index (χ3n) is 4.95. The Morgan fingerprint density at radius 2 is 1.59 bits per heavy atom. The second-order valence-electron chi connectivity index (χ2n) is 6.20. The Kier molecular flexibility index (Phi) is 2.67. The van der Waals surface area contributed by atoms with Gasteiger partial charge >= 0.3 is 0 Å². The maximum atomic E-state index is 6.01. The first-order valence-electron chi connectivity index (χ1n) is 7.31. The van der Waals surface area contributed by atoms with Crippen LogP contribution in [0.2, 0.25) is 0 Å². The van der Waals surface area contributed by atoms with Gasteiger partial charge in [-0.2, -0.15) is 0 Å². The second kappa shape index (κ2) is 4.22. The molecule has 2 aliphatic carbocycles. The Morgan fingerprint density at radius 1 is 0.824 bits per heavy atom. The molecule has 0 amide bonds. The first-order valence-corrected chi connectivity index (χ1v) is 7.31. The van der Waals surface area contributed by atoms with E-state index in [-0.39, 0.29) is 0 Å². The summed E-state index contributed by atoms with van der Waals surface area (Å²) in [6.07, 6.45) is 11.6. The number of epoxide rings is 2. The summed E-state index contributed by atoms with van der Waals surface area (Å²) in [5, 5.41) is 0. The Balaban J connectivity index is 1.15. The van der Waals surface area contributed by atoms with E-state index in [0.29, 0.717) is 30.5 Å². The second-order valence-corrected chi connectivity index (χ2v) is 6.20. The predicted octanol–water partition coefficient (Wildman–Crippen LogP) is 2.28. The molecule has 4 rings (SSSR count). The van der Waals surface area contributed by atoms with Crippen molar-refractivity contribution >= 4 is 0 Å². The molecular weight excluding hydrogens is 216 g/mol. The third-order valence-corrected chi connectivity index (χ3v) is 4.95. The molecule has 2 aliphatic heterocycles. The molecule has 4 aliphatic rings. The molecule has 96 valence electrons. The Morgan fingerprint density at radius 3 is 2.35 bits per heavy atom. The highest BCUT2D eigenvalue weighted by molar-refractivity contribution is 4.93. The van der Waals surface area contributed by atoms with Crippen molar-refractivity contribution < 1.29 is 14.2 Å². The average Bonchev–Trinajstić information content (AvgIpc) is 3.22. The van der Waals surface area contributed by atoms with Crippen molar-refractivity contribution in [1.82, 2.24) is 0 Å². The molecule has 3 heteroatoms. The van der Waals surface area contributed by atoms with Gasteiger partial charge in [0.05, 0.1) is 30.5 Å². The molecule has 0 spiro atoms. The number of hydrogen-bond acceptors (Lipinski definition) is 3. The van der Waals surface area contributed by atoms with E-state index in [9.17, 15) is 0 Å². The van der Waals surface area contributed by atoms with E-state index < -0.39 is 0 Å². The zero-order valence-electron chi connectivity index (χ0n) is 10.3. The molecule has 0 aromatic rings. The molecule has 0 aromatic heterocycles. The van der Waals surface area contributed by atoms with E-state index in [4.69, 9.17) is 14.2 Å². The van der Waals surface area contributed by atoms with Gasteiger partial charge in [-0.15, -0.1) is 0 Å². The van der Waals surface area contributed by atoms with Crippen molar-refractivity contribution in [2.24, 2.45) is 5.92 Å². The predicted molar refractivity (Wildman–Crippen MR) is 62.9 cm³/mol. The normalized spacial score (nSPS) is 51.5. The van der Waals surface area contributed by atoms with Crippen molar-refractivity contribution in [2.45, 2.75) is 75.5 Å². The molecule has 2 heterocycles. The van der Waals surface area contributed by atoms with Crippen LogP contribution < -0.4 is 0 Å². The molecule has 17 heavy (non-hydrogen) atoms. The third kappa shape index (κ3) is 2.38. The molecule has 0 radical (unpaired) electrons. The van der Waals surface area contributed by atoms with Crippen LogP contribution in [-0.2, 0) is 14.2 Å². The van der Waals surface area contributed by atoms with Gasteiger partial charge in [0, 0.05) is 13.0 Å². The van der Waals surface area contributed by atoms with Crippen LogP contribution in [0.15, 0.2) is 0 Å². The quantitative estimate of drug-likeness (QED) is 0.705. The topological polar surface area (TPSA) is 34.3 Å². The minimum Gasteiger partial charge on any atom is -0.378 e. The molecule has 3 nitrogen and oxygen atoms in total. The van der Waals surface area contributed by atoms with Gasteiger partial charge in [0.25, 0.3) is 0 Å². The number of fused-ring (bicyclic) bond motifs is 2. The van der Waals surface area contributed by atoms with Crippen LogP contribution in [0, 0.1) is 5.92 Å². The zero-order valence-corrected chi connectivity index (χ0v) is 10.3. The molecule has 6 atom stereocenters. The molecular formula is C14H22O3. The summed E-state index contributed by atoms with van der Waals surface area (Å²) < 4.78 is 17.1. The van der Waals surface area contributed by atoms with E-state index >= 15 is 0 Å². The van der Waals surface area contributed by atoms with Crippen molar-refractivity contribution in [1.29, 1.82) is 0 Å². The highest BCUT2D eigenvalue weighted by Gasteiger charge is 2.45. The number of rotatable bonds is 4. The van der Waals surface area contributed by atoms with E-state index in [2.05, 4.69) is 0 Å². The molecule has 6 unspecified atom stereocenters. The van der Waals surface area contributed by atoms with E-state index in [1.807, 2.05) is 0 Å². The van der Waals surface area contributed by atoms with Crippen LogP contribution in [0.25, 0.3) is 0 Å². The first-order chi connectivity index (χ1) is 8.38. The highest BCUT2D eigenvalue weighted by Crippen LogP contribution is 2.41. The van der Waals surface area contributed by atoms with Gasteiger partial charge in [-0.05, 0) is 44.4 Å². The molecule has 0 aromatic carbocycles. The maximum Gasteiger partial charge on any atom is 0.0866 e. The Hall–Kier alpha value is -0.120. The SMILES string of the molecule is C(CC1CCC2OC2C1)OC1CCC2OC2C1. The standard InChI is InChI=1S/C14H22O3/c1-3-11-13(16-11)7-9(1)5-6-15-10-2-4-12-14(8-10)17-12/h9-14H,1-8H2. The molecule has 2 saturated carbocycles. The summed E-state index contributed by atoms with van der Waals surface area (Å²) in [5.74, 6) is 0.854. The van der Waals surface area contributed by atoms with Crippen LogP contribution in [0.3, 0.4) is 0 Å². The molecule has 4 fully saturated rings. The average molecular weight is 238 g/mol. The summed E-state index contributed by atoms with van der Waals surface area (Å²) in [7, 11) is 0. The number of hydrogen-bond donors (Lipinski definition) is 0. The van der Waals surface area contributed by atoms with Crippen molar-refractivity contribution in [3.05, 3.63) is 0 Å². The summed E-state index contributed by atoms with van der Waals surface area (Å²) in [6, 6.07) is 0. The Bertz CT molecular complexity index is 265. The summed E-state index contributed by atoms with van der Waals surface area (Å²) in [4.78, 5) is 0. The monoisotopic (exact) mass is 238 g/mol. The van der Waals surface area contributed by atoms with E-state index in [1.165, 1.54) is 38.5 Å². The minimum absolute atomic E-state index is 0.479. The highest BCUT2D eigenvalue weighted by atomic mass is 16.6. The summed E-state index contributed by atoms with van der Waals surface area (Å²) in [6.45, 7) is 0.949. The lowest BCUT2D eigenvalue weighted by molar-refractivity contribution is 0.0238. The fourth-order valence-electron chi connectivity index (χ4n) is 3.67. The lowest BCUT2D eigenvalue weighted by Crippen LogP contribution is -2.23. The minimum atomic E-state index is 0.479. The van der Waals surface area contributed by atoms with Crippen LogP contribution in [0.4, 0.5) is 0 Å². The van der Waals surface area contributed by atoms with Gasteiger partial charge in [-0.25, -0.2) is 0 Å². The van der Waals surface area contributed by atoms with Gasteiger partial charge in [0.15, 0.2) is 0 Å². The lowest BCUT2D eigenvalue weighted by Gasteiger charge is -2.22. The van der Waals surface area contributed by atoms with Gasteiger partial charge in [-0.3, -0.25) is 0 Å². The zero-order chi connectivity index (χ0) is 11.2. The van der Waals surface area contributed by atoms with Gasteiger partial charge in [0.2, 0.25) is 0 Å². The van der Waals surface area contributed by atoms with Gasteiger partial charge in [-0.1, -0.05) is 0 Å².